The average Bonchev–Trinajstić information content (AvgIpc) is 2.93. The number of carbonyl (C=O) groups is 2. The number of oxazole rings is 1. The SMILES string of the molecule is COC(=O)c1nc(-c2ccc(F)c(Br)c2)oc1C(=O)OC. The van der Waals surface area contributed by atoms with E-state index in [-0.39, 0.29) is 21.8 Å². The Morgan fingerprint density at radius 2 is 1.90 bits per heavy atom. The summed E-state index contributed by atoms with van der Waals surface area (Å²) < 4.78 is 27.7. The zero-order valence-corrected chi connectivity index (χ0v) is 12.6. The van der Waals surface area contributed by atoms with E-state index in [1.165, 1.54) is 18.2 Å². The van der Waals surface area contributed by atoms with Crippen molar-refractivity contribution in [1.82, 2.24) is 4.98 Å². The third kappa shape index (κ3) is 2.94. The molecule has 2 aromatic rings. The van der Waals surface area contributed by atoms with Gasteiger partial charge in [0.2, 0.25) is 17.3 Å². The minimum atomic E-state index is -0.865. The number of rotatable bonds is 3. The smallest absolute Gasteiger partial charge is 0.376 e. The first-order valence-electron chi connectivity index (χ1n) is 5.60. The number of methoxy groups -OCH3 is 2. The molecule has 1 aromatic heterocycles. The van der Waals surface area contributed by atoms with Gasteiger partial charge in [0.15, 0.2) is 0 Å². The number of hydrogen-bond acceptors (Lipinski definition) is 6. The molecule has 0 N–H and O–H groups in total. The highest BCUT2D eigenvalue weighted by Gasteiger charge is 2.27. The first-order valence-corrected chi connectivity index (χ1v) is 6.40. The van der Waals surface area contributed by atoms with Crippen molar-refractivity contribution in [2.75, 3.05) is 14.2 Å². The van der Waals surface area contributed by atoms with Crippen molar-refractivity contribution in [2.24, 2.45) is 0 Å². The van der Waals surface area contributed by atoms with Gasteiger partial charge in [-0.15, -0.1) is 0 Å². The Hall–Kier alpha value is -2.22. The molecule has 0 bridgehead atoms. The van der Waals surface area contributed by atoms with E-state index in [0.29, 0.717) is 5.56 Å². The third-order valence-electron chi connectivity index (χ3n) is 2.54. The Morgan fingerprint density at radius 3 is 2.48 bits per heavy atom. The molecule has 8 heteroatoms. The second kappa shape index (κ2) is 6.04. The molecule has 1 aromatic carbocycles. The van der Waals surface area contributed by atoms with Crippen molar-refractivity contribution < 1.29 is 27.9 Å². The topological polar surface area (TPSA) is 78.6 Å². The van der Waals surface area contributed by atoms with E-state index in [1.807, 2.05) is 0 Å². The van der Waals surface area contributed by atoms with Crippen LogP contribution in [0.2, 0.25) is 0 Å². The van der Waals surface area contributed by atoms with Crippen LogP contribution in [0.25, 0.3) is 11.5 Å². The van der Waals surface area contributed by atoms with Gasteiger partial charge in [-0.05, 0) is 34.1 Å². The summed E-state index contributed by atoms with van der Waals surface area (Å²) in [5.74, 6) is -2.58. The van der Waals surface area contributed by atoms with E-state index >= 15 is 0 Å². The van der Waals surface area contributed by atoms with Gasteiger partial charge in [-0.1, -0.05) is 0 Å². The molecular weight excluding hydrogens is 349 g/mol. The van der Waals surface area contributed by atoms with Gasteiger partial charge < -0.3 is 13.9 Å². The maximum atomic E-state index is 13.2. The highest BCUT2D eigenvalue weighted by molar-refractivity contribution is 9.10. The first-order chi connectivity index (χ1) is 9.97. The van der Waals surface area contributed by atoms with Gasteiger partial charge in [0, 0.05) is 5.56 Å². The number of benzene rings is 1. The molecule has 0 saturated heterocycles. The summed E-state index contributed by atoms with van der Waals surface area (Å²) in [7, 11) is 2.28. The van der Waals surface area contributed by atoms with Crippen molar-refractivity contribution in [3.05, 3.63) is 39.9 Å². The lowest BCUT2D eigenvalue weighted by Crippen LogP contribution is -2.10. The first kappa shape index (κ1) is 15.2. The molecule has 0 aliphatic rings. The van der Waals surface area contributed by atoms with Gasteiger partial charge in [-0.3, -0.25) is 0 Å². The van der Waals surface area contributed by atoms with E-state index in [9.17, 15) is 14.0 Å². The Bertz CT molecular complexity index is 679. The summed E-state index contributed by atoms with van der Waals surface area (Å²) in [5.41, 5.74) is 0.0726. The average molecular weight is 358 g/mol. The zero-order chi connectivity index (χ0) is 15.6. The lowest BCUT2D eigenvalue weighted by Gasteiger charge is -1.98. The van der Waals surface area contributed by atoms with Crippen molar-refractivity contribution in [1.29, 1.82) is 0 Å². The van der Waals surface area contributed by atoms with Crippen LogP contribution in [0.4, 0.5) is 4.39 Å². The highest BCUT2D eigenvalue weighted by Crippen LogP contribution is 2.27. The van der Waals surface area contributed by atoms with Gasteiger partial charge in [0.25, 0.3) is 0 Å². The second-order valence-corrected chi connectivity index (χ2v) is 4.66. The van der Waals surface area contributed by atoms with Crippen LogP contribution in [0.1, 0.15) is 21.0 Å². The molecule has 0 aliphatic heterocycles. The summed E-state index contributed by atoms with van der Waals surface area (Å²) in [6.07, 6.45) is 0. The van der Waals surface area contributed by atoms with Crippen LogP contribution >= 0.6 is 15.9 Å². The molecule has 0 radical (unpaired) electrons. The van der Waals surface area contributed by atoms with Gasteiger partial charge in [0.1, 0.15) is 5.82 Å². The van der Waals surface area contributed by atoms with Crippen molar-refractivity contribution in [2.45, 2.75) is 0 Å². The number of carbonyl (C=O) groups excluding carboxylic acids is 2. The molecule has 2 rings (SSSR count). The van der Waals surface area contributed by atoms with Gasteiger partial charge >= 0.3 is 11.9 Å². The standard InChI is InChI=1S/C13H9BrFNO5/c1-19-12(17)9-10(13(18)20-2)21-11(16-9)6-3-4-8(15)7(14)5-6/h3-5H,1-2H3. The third-order valence-corrected chi connectivity index (χ3v) is 3.15. The predicted octanol–water partition coefficient (Wildman–Crippen LogP) is 2.82. The van der Waals surface area contributed by atoms with Crippen LogP contribution in [0, 0.1) is 5.82 Å². The number of hydrogen-bond donors (Lipinski definition) is 0. The summed E-state index contributed by atoms with van der Waals surface area (Å²) in [5, 5.41) is 0. The van der Waals surface area contributed by atoms with E-state index in [0.717, 1.165) is 14.2 Å². The summed E-state index contributed by atoms with van der Waals surface area (Å²) in [4.78, 5) is 27.1. The van der Waals surface area contributed by atoms with Crippen LogP contribution < -0.4 is 0 Å². The molecule has 0 fully saturated rings. The lowest BCUT2D eigenvalue weighted by molar-refractivity contribution is 0.0527. The molecule has 0 aliphatic carbocycles. The molecule has 0 saturated carbocycles. The molecule has 0 unspecified atom stereocenters. The number of nitrogens with zero attached hydrogens (tertiary/aromatic N) is 1. The number of halogens is 2. The largest absolute Gasteiger partial charge is 0.464 e. The molecule has 0 spiro atoms. The molecule has 6 nitrogen and oxygen atoms in total. The molecular formula is C13H9BrFNO5. The van der Waals surface area contributed by atoms with Crippen LogP contribution in [0.15, 0.2) is 27.1 Å². The zero-order valence-electron chi connectivity index (χ0n) is 11.0. The Labute approximate surface area is 127 Å². The number of esters is 2. The molecule has 0 atom stereocenters. The molecule has 110 valence electrons. The second-order valence-electron chi connectivity index (χ2n) is 3.81. The Balaban J connectivity index is 2.55. The Morgan fingerprint density at radius 1 is 1.24 bits per heavy atom. The number of ether oxygens (including phenoxy) is 2. The maximum Gasteiger partial charge on any atom is 0.376 e. The monoisotopic (exact) mass is 357 g/mol. The predicted molar refractivity (Wildman–Crippen MR) is 72.3 cm³/mol. The minimum absolute atomic E-state index is 0.0310. The van der Waals surface area contributed by atoms with E-state index in [4.69, 9.17) is 4.42 Å². The lowest BCUT2D eigenvalue weighted by atomic mass is 10.2. The summed E-state index contributed by atoms with van der Waals surface area (Å²) in [6.45, 7) is 0. The number of aromatic nitrogens is 1. The van der Waals surface area contributed by atoms with Gasteiger partial charge in [0.05, 0.1) is 18.7 Å². The highest BCUT2D eigenvalue weighted by atomic mass is 79.9. The van der Waals surface area contributed by atoms with E-state index in [1.54, 1.807) is 0 Å². The maximum absolute atomic E-state index is 13.2. The van der Waals surface area contributed by atoms with E-state index in [2.05, 4.69) is 30.4 Å². The fourth-order valence-electron chi connectivity index (χ4n) is 1.54. The van der Waals surface area contributed by atoms with Crippen LogP contribution in [0.5, 0.6) is 0 Å². The minimum Gasteiger partial charge on any atom is -0.464 e. The van der Waals surface area contributed by atoms with Crippen LogP contribution in [-0.4, -0.2) is 31.1 Å². The van der Waals surface area contributed by atoms with Gasteiger partial charge in [-0.25, -0.2) is 19.0 Å². The van der Waals surface area contributed by atoms with E-state index < -0.39 is 17.8 Å². The normalized spacial score (nSPS) is 10.3. The van der Waals surface area contributed by atoms with Crippen LogP contribution in [-0.2, 0) is 9.47 Å². The van der Waals surface area contributed by atoms with Crippen LogP contribution in [0.3, 0.4) is 0 Å². The fraction of sp³-hybridized carbons (Fsp3) is 0.154. The Kier molecular flexibility index (Phi) is 4.37. The summed E-state index contributed by atoms with van der Waals surface area (Å²) in [6, 6.07) is 4.00. The molecule has 21 heavy (non-hydrogen) atoms. The fourth-order valence-corrected chi connectivity index (χ4v) is 1.92. The molecule has 0 amide bonds. The van der Waals surface area contributed by atoms with Gasteiger partial charge in [-0.2, -0.15) is 0 Å². The summed E-state index contributed by atoms with van der Waals surface area (Å²) >= 11 is 3.03. The van der Waals surface area contributed by atoms with Crippen molar-refractivity contribution in [3.8, 4) is 11.5 Å². The van der Waals surface area contributed by atoms with Crippen molar-refractivity contribution in [3.63, 3.8) is 0 Å². The van der Waals surface area contributed by atoms with Crippen molar-refractivity contribution >= 4 is 27.9 Å². The quantitative estimate of drug-likeness (QED) is 0.786. The molecule has 1 heterocycles.